The first-order chi connectivity index (χ1) is 22.0. The first-order valence-corrected chi connectivity index (χ1v) is 17.4. The number of hydrogen-bond donors (Lipinski definition) is 1. The van der Waals surface area contributed by atoms with Crippen LogP contribution in [-0.4, -0.2) is 44.3 Å². The Balaban J connectivity index is 1.81. The molecule has 0 heterocycles. The van der Waals surface area contributed by atoms with Crippen LogP contribution in [0.5, 0.6) is 0 Å². The van der Waals surface area contributed by atoms with Crippen molar-refractivity contribution < 1.29 is 18.0 Å². The molecule has 0 fully saturated rings. The SMILES string of the molecule is CCCNC(=O)C(Cc1ccccc1)N(Cc1ccccc1Cl)C(=O)CN(c1ccc(C(C)C)cc1)S(=O)(=O)c1ccc(C)cc1. The van der Waals surface area contributed by atoms with E-state index in [1.165, 1.54) is 4.90 Å². The standard InChI is InChI=1S/C37H42ClN3O4S/c1-5-23-39-37(43)35(24-29-11-7-6-8-12-29)40(25-31-13-9-10-14-34(31)38)36(42)26-41(32-19-17-30(18-20-32)27(2)3)46(44,45)33-21-15-28(4)16-22-33/h6-22,27,35H,5,23-26H2,1-4H3,(H,39,43). The maximum atomic E-state index is 14.6. The minimum atomic E-state index is -4.17. The number of benzene rings is 4. The molecular weight excluding hydrogens is 618 g/mol. The molecule has 46 heavy (non-hydrogen) atoms. The third-order valence-electron chi connectivity index (χ3n) is 7.85. The van der Waals surface area contributed by atoms with Crippen LogP contribution in [0.1, 0.15) is 55.4 Å². The molecular formula is C37H42ClN3O4S. The summed E-state index contributed by atoms with van der Waals surface area (Å²) in [7, 11) is -4.17. The van der Waals surface area contributed by atoms with Gasteiger partial charge in [-0.05, 0) is 66.3 Å². The summed E-state index contributed by atoms with van der Waals surface area (Å²) in [4.78, 5) is 29.8. The van der Waals surface area contributed by atoms with Crippen LogP contribution < -0.4 is 9.62 Å². The van der Waals surface area contributed by atoms with Crippen molar-refractivity contribution in [3.63, 3.8) is 0 Å². The van der Waals surface area contributed by atoms with Crippen molar-refractivity contribution in [3.05, 3.63) is 130 Å². The van der Waals surface area contributed by atoms with E-state index in [9.17, 15) is 18.0 Å². The number of aryl methyl sites for hydroxylation is 1. The van der Waals surface area contributed by atoms with E-state index in [0.29, 0.717) is 22.8 Å². The lowest BCUT2D eigenvalue weighted by Gasteiger charge is -2.34. The molecule has 0 aliphatic carbocycles. The average Bonchev–Trinajstić information content (AvgIpc) is 3.05. The molecule has 0 saturated heterocycles. The zero-order valence-electron chi connectivity index (χ0n) is 26.8. The van der Waals surface area contributed by atoms with Gasteiger partial charge < -0.3 is 10.2 Å². The summed E-state index contributed by atoms with van der Waals surface area (Å²) in [5.41, 5.74) is 3.82. The third-order valence-corrected chi connectivity index (χ3v) is 10.0. The van der Waals surface area contributed by atoms with E-state index in [1.54, 1.807) is 54.6 Å². The van der Waals surface area contributed by atoms with Gasteiger partial charge in [0.15, 0.2) is 0 Å². The van der Waals surface area contributed by atoms with Crippen molar-refractivity contribution in [2.24, 2.45) is 0 Å². The smallest absolute Gasteiger partial charge is 0.264 e. The fraction of sp³-hybridized carbons (Fsp3) is 0.297. The molecule has 7 nitrogen and oxygen atoms in total. The van der Waals surface area contributed by atoms with Gasteiger partial charge in [0, 0.05) is 24.5 Å². The predicted octanol–water partition coefficient (Wildman–Crippen LogP) is 7.13. The molecule has 0 aliphatic heterocycles. The van der Waals surface area contributed by atoms with Crippen molar-refractivity contribution in [2.45, 2.75) is 63.9 Å². The van der Waals surface area contributed by atoms with Crippen LogP contribution >= 0.6 is 11.6 Å². The molecule has 0 bridgehead atoms. The second-order valence-corrected chi connectivity index (χ2v) is 14.0. The van der Waals surface area contributed by atoms with E-state index in [-0.39, 0.29) is 29.7 Å². The summed E-state index contributed by atoms with van der Waals surface area (Å²) < 4.78 is 29.6. The summed E-state index contributed by atoms with van der Waals surface area (Å²) in [6, 6.07) is 29.4. The molecule has 0 radical (unpaired) electrons. The Morgan fingerprint density at radius 1 is 0.848 bits per heavy atom. The first-order valence-electron chi connectivity index (χ1n) is 15.5. The topological polar surface area (TPSA) is 86.8 Å². The van der Waals surface area contributed by atoms with Crippen LogP contribution in [0.25, 0.3) is 0 Å². The highest BCUT2D eigenvalue weighted by atomic mass is 35.5. The van der Waals surface area contributed by atoms with Crippen LogP contribution in [0.15, 0.2) is 108 Å². The number of sulfonamides is 1. The van der Waals surface area contributed by atoms with Crippen LogP contribution in [-0.2, 0) is 32.6 Å². The Morgan fingerprint density at radius 3 is 2.09 bits per heavy atom. The largest absolute Gasteiger partial charge is 0.354 e. The molecule has 4 aromatic rings. The van der Waals surface area contributed by atoms with Crippen molar-refractivity contribution >= 4 is 39.1 Å². The summed E-state index contributed by atoms with van der Waals surface area (Å²) in [6.07, 6.45) is 0.956. The number of carbonyl (C=O) groups is 2. The minimum absolute atomic E-state index is 0.0141. The molecule has 1 N–H and O–H groups in total. The van der Waals surface area contributed by atoms with E-state index < -0.39 is 28.5 Å². The molecule has 9 heteroatoms. The summed E-state index contributed by atoms with van der Waals surface area (Å²) in [5.74, 6) is -0.610. The number of nitrogens with zero attached hydrogens (tertiary/aromatic N) is 2. The molecule has 4 aromatic carbocycles. The van der Waals surface area contributed by atoms with Crippen molar-refractivity contribution in [3.8, 4) is 0 Å². The average molecular weight is 660 g/mol. The number of amides is 2. The van der Waals surface area contributed by atoms with Crippen LogP contribution in [0, 0.1) is 6.92 Å². The van der Waals surface area contributed by atoms with Crippen molar-refractivity contribution in [2.75, 3.05) is 17.4 Å². The van der Waals surface area contributed by atoms with Gasteiger partial charge in [0.25, 0.3) is 10.0 Å². The normalized spacial score (nSPS) is 12.0. The molecule has 0 aromatic heterocycles. The van der Waals surface area contributed by atoms with E-state index in [2.05, 4.69) is 19.2 Å². The number of rotatable bonds is 14. The maximum absolute atomic E-state index is 14.6. The lowest BCUT2D eigenvalue weighted by Crippen LogP contribution is -2.53. The molecule has 0 spiro atoms. The molecule has 1 unspecified atom stereocenters. The Labute approximate surface area is 278 Å². The molecule has 0 aliphatic rings. The summed E-state index contributed by atoms with van der Waals surface area (Å²) in [6.45, 7) is 7.89. The van der Waals surface area contributed by atoms with Gasteiger partial charge in [0.05, 0.1) is 10.6 Å². The fourth-order valence-electron chi connectivity index (χ4n) is 5.12. The van der Waals surface area contributed by atoms with Gasteiger partial charge in [-0.25, -0.2) is 8.42 Å². The number of hydrogen-bond acceptors (Lipinski definition) is 4. The Kier molecular flexibility index (Phi) is 12.0. The van der Waals surface area contributed by atoms with Crippen LogP contribution in [0.2, 0.25) is 5.02 Å². The number of nitrogens with one attached hydrogen (secondary N) is 1. The number of anilines is 1. The Morgan fingerprint density at radius 2 is 1.48 bits per heavy atom. The highest BCUT2D eigenvalue weighted by Gasteiger charge is 2.34. The van der Waals surface area contributed by atoms with Gasteiger partial charge in [-0.3, -0.25) is 13.9 Å². The Bertz CT molecular complexity index is 1710. The zero-order valence-corrected chi connectivity index (χ0v) is 28.4. The summed E-state index contributed by atoms with van der Waals surface area (Å²) >= 11 is 6.56. The lowest BCUT2D eigenvalue weighted by molar-refractivity contribution is -0.140. The first kappa shape index (κ1) is 34.7. The highest BCUT2D eigenvalue weighted by molar-refractivity contribution is 7.92. The van der Waals surface area contributed by atoms with E-state index >= 15 is 0 Å². The molecule has 242 valence electrons. The number of carbonyl (C=O) groups excluding carboxylic acids is 2. The second-order valence-electron chi connectivity index (χ2n) is 11.7. The minimum Gasteiger partial charge on any atom is -0.354 e. The molecule has 2 amide bonds. The highest BCUT2D eigenvalue weighted by Crippen LogP contribution is 2.28. The molecule has 1 atom stereocenters. The van der Waals surface area contributed by atoms with Gasteiger partial charge in [0.2, 0.25) is 11.8 Å². The maximum Gasteiger partial charge on any atom is 0.264 e. The quantitative estimate of drug-likeness (QED) is 0.156. The lowest BCUT2D eigenvalue weighted by atomic mass is 10.0. The van der Waals surface area contributed by atoms with Crippen LogP contribution in [0.4, 0.5) is 5.69 Å². The molecule has 4 rings (SSSR count). The van der Waals surface area contributed by atoms with Gasteiger partial charge >= 0.3 is 0 Å². The summed E-state index contributed by atoms with van der Waals surface area (Å²) in [5, 5.41) is 3.40. The van der Waals surface area contributed by atoms with E-state index in [4.69, 9.17) is 11.6 Å². The van der Waals surface area contributed by atoms with Gasteiger partial charge in [-0.2, -0.15) is 0 Å². The zero-order chi connectivity index (χ0) is 33.3. The van der Waals surface area contributed by atoms with Crippen molar-refractivity contribution in [1.82, 2.24) is 10.2 Å². The van der Waals surface area contributed by atoms with Crippen LogP contribution in [0.3, 0.4) is 0 Å². The second kappa shape index (κ2) is 15.9. The molecule has 0 saturated carbocycles. The van der Waals surface area contributed by atoms with E-state index in [0.717, 1.165) is 27.4 Å². The fourth-order valence-corrected chi connectivity index (χ4v) is 6.73. The Hall–Kier alpha value is -4.14. The third kappa shape index (κ3) is 8.77. The van der Waals surface area contributed by atoms with Gasteiger partial charge in [-0.15, -0.1) is 0 Å². The van der Waals surface area contributed by atoms with Crippen molar-refractivity contribution in [1.29, 1.82) is 0 Å². The monoisotopic (exact) mass is 659 g/mol. The van der Waals surface area contributed by atoms with Gasteiger partial charge in [0.1, 0.15) is 12.6 Å². The number of halogens is 1. The predicted molar refractivity (Wildman–Crippen MR) is 185 cm³/mol. The van der Waals surface area contributed by atoms with E-state index in [1.807, 2.05) is 62.4 Å². The van der Waals surface area contributed by atoms with Gasteiger partial charge in [-0.1, -0.05) is 111 Å².